The van der Waals surface area contributed by atoms with Crippen molar-refractivity contribution in [1.29, 1.82) is 0 Å². The van der Waals surface area contributed by atoms with E-state index in [1.54, 1.807) is 6.07 Å². The van der Waals surface area contributed by atoms with Gasteiger partial charge in [-0.05, 0) is 31.9 Å². The van der Waals surface area contributed by atoms with Crippen molar-refractivity contribution in [3.05, 3.63) is 30.1 Å². The number of nitrogens with one attached hydrogen (secondary N) is 2. The van der Waals surface area contributed by atoms with Gasteiger partial charge in [0.05, 0.1) is 11.6 Å². The quantitative estimate of drug-likeness (QED) is 0.728. The van der Waals surface area contributed by atoms with Gasteiger partial charge >= 0.3 is 12.0 Å². The van der Waals surface area contributed by atoms with Gasteiger partial charge in [0.25, 0.3) is 5.91 Å². The van der Waals surface area contributed by atoms with E-state index in [0.717, 1.165) is 25.7 Å². The molecule has 0 bridgehead atoms. The number of halogens is 1. The Kier molecular flexibility index (Phi) is 6.46. The minimum atomic E-state index is -1.20. The Hall–Kier alpha value is -2.97. The molecule has 0 radical (unpaired) electrons. The van der Waals surface area contributed by atoms with Gasteiger partial charge in [-0.2, -0.15) is 0 Å². The summed E-state index contributed by atoms with van der Waals surface area (Å²) in [4.78, 5) is 49.7. The van der Waals surface area contributed by atoms with Crippen LogP contribution >= 0.6 is 0 Å². The molecule has 0 spiro atoms. The smallest absolute Gasteiger partial charge is 0.321 e. The third-order valence-electron chi connectivity index (χ3n) is 5.19. The summed E-state index contributed by atoms with van der Waals surface area (Å²) in [6.07, 6.45) is 2.49. The molecule has 1 heterocycles. The summed E-state index contributed by atoms with van der Waals surface area (Å²) in [6.45, 7) is 1.32. The number of imide groups is 1. The van der Waals surface area contributed by atoms with Crippen molar-refractivity contribution in [2.24, 2.45) is 5.92 Å². The fourth-order valence-electron chi connectivity index (χ4n) is 3.60. The number of para-hydroxylation sites is 1. The van der Waals surface area contributed by atoms with Gasteiger partial charge in [-0.3, -0.25) is 19.7 Å². The van der Waals surface area contributed by atoms with E-state index in [4.69, 9.17) is 4.74 Å². The van der Waals surface area contributed by atoms with Crippen LogP contribution in [0, 0.1) is 11.7 Å². The van der Waals surface area contributed by atoms with E-state index in [9.17, 15) is 23.6 Å². The Morgan fingerprint density at radius 2 is 1.90 bits per heavy atom. The number of benzene rings is 1. The van der Waals surface area contributed by atoms with Gasteiger partial charge < -0.3 is 15.0 Å². The first-order valence-electron chi connectivity index (χ1n) is 9.72. The highest BCUT2D eigenvalue weighted by molar-refractivity contribution is 6.00. The minimum Gasteiger partial charge on any atom is -0.452 e. The predicted octanol–water partition coefficient (Wildman–Crippen LogP) is 1.88. The lowest BCUT2D eigenvalue weighted by Crippen LogP contribution is -2.47. The van der Waals surface area contributed by atoms with Crippen LogP contribution in [0.2, 0.25) is 0 Å². The molecule has 2 atom stereocenters. The Balaban J connectivity index is 1.50. The molecule has 1 saturated carbocycles. The average Bonchev–Trinajstić information content (AvgIpc) is 3.31. The van der Waals surface area contributed by atoms with E-state index in [1.807, 2.05) is 0 Å². The zero-order valence-corrected chi connectivity index (χ0v) is 16.2. The van der Waals surface area contributed by atoms with Gasteiger partial charge in [-0.15, -0.1) is 0 Å². The Morgan fingerprint density at radius 1 is 1.21 bits per heavy atom. The first-order chi connectivity index (χ1) is 13.8. The van der Waals surface area contributed by atoms with Gasteiger partial charge in [0.2, 0.25) is 5.91 Å². The number of amides is 4. The highest BCUT2D eigenvalue weighted by Gasteiger charge is 2.38. The summed E-state index contributed by atoms with van der Waals surface area (Å²) < 4.78 is 19.1. The fraction of sp³-hybridized carbons (Fsp3) is 0.500. The number of urea groups is 1. The van der Waals surface area contributed by atoms with Crippen LogP contribution in [-0.4, -0.2) is 42.5 Å². The molecule has 9 heteroatoms. The molecule has 156 valence electrons. The van der Waals surface area contributed by atoms with E-state index in [1.165, 1.54) is 30.0 Å². The molecule has 4 amide bonds. The molecule has 1 aromatic carbocycles. The van der Waals surface area contributed by atoms with Crippen LogP contribution in [0.3, 0.4) is 0 Å². The van der Waals surface area contributed by atoms with Gasteiger partial charge in [-0.25, -0.2) is 9.18 Å². The van der Waals surface area contributed by atoms with Crippen LogP contribution in [-0.2, 0) is 19.1 Å². The highest BCUT2D eigenvalue weighted by Crippen LogP contribution is 2.28. The van der Waals surface area contributed by atoms with E-state index in [0.29, 0.717) is 0 Å². The van der Waals surface area contributed by atoms with Crippen LogP contribution < -0.4 is 15.5 Å². The van der Waals surface area contributed by atoms with Crippen LogP contribution in [0.1, 0.15) is 39.0 Å². The molecular formula is C20H24FN3O5. The van der Waals surface area contributed by atoms with E-state index in [2.05, 4.69) is 10.6 Å². The van der Waals surface area contributed by atoms with Crippen LogP contribution in [0.25, 0.3) is 0 Å². The Labute approximate surface area is 167 Å². The predicted molar refractivity (Wildman–Crippen MR) is 101 cm³/mol. The number of nitrogens with zero attached hydrogens (tertiary/aromatic N) is 1. The number of hydrogen-bond donors (Lipinski definition) is 2. The molecule has 29 heavy (non-hydrogen) atoms. The van der Waals surface area contributed by atoms with Crippen molar-refractivity contribution in [3.63, 3.8) is 0 Å². The fourth-order valence-corrected chi connectivity index (χ4v) is 3.60. The molecule has 2 aliphatic rings. The van der Waals surface area contributed by atoms with Crippen LogP contribution in [0.4, 0.5) is 14.9 Å². The van der Waals surface area contributed by atoms with Gasteiger partial charge in [0.1, 0.15) is 5.82 Å². The third-order valence-corrected chi connectivity index (χ3v) is 5.19. The Bertz CT molecular complexity index is 809. The normalized spacial score (nSPS) is 20.4. The maximum atomic E-state index is 13.9. The van der Waals surface area contributed by atoms with Crippen LogP contribution in [0.5, 0.6) is 0 Å². The second-order valence-corrected chi connectivity index (χ2v) is 7.38. The lowest BCUT2D eigenvalue weighted by atomic mass is 10.1. The lowest BCUT2D eigenvalue weighted by Gasteiger charge is -2.18. The van der Waals surface area contributed by atoms with E-state index in [-0.39, 0.29) is 24.7 Å². The van der Waals surface area contributed by atoms with E-state index < -0.39 is 41.7 Å². The summed E-state index contributed by atoms with van der Waals surface area (Å²) >= 11 is 0. The monoisotopic (exact) mass is 405 g/mol. The molecule has 1 aliphatic heterocycles. The van der Waals surface area contributed by atoms with Crippen molar-refractivity contribution in [2.45, 2.75) is 51.2 Å². The molecular weight excluding hydrogens is 381 g/mol. The largest absolute Gasteiger partial charge is 0.452 e. The first-order valence-corrected chi connectivity index (χ1v) is 9.72. The summed E-state index contributed by atoms with van der Waals surface area (Å²) in [5.41, 5.74) is 0.0992. The number of esters is 1. The first kappa shape index (κ1) is 20.8. The van der Waals surface area contributed by atoms with Crippen molar-refractivity contribution >= 4 is 29.5 Å². The summed E-state index contributed by atoms with van der Waals surface area (Å²) in [7, 11) is 0. The molecule has 1 aromatic rings. The number of carbonyl (C=O) groups excluding carboxylic acids is 4. The molecule has 1 aliphatic carbocycles. The standard InChI is InChI=1S/C20H24FN3O5/c1-12(18(26)23-20(28)22-14-6-2-3-7-14)29-19(27)13-10-17(25)24(11-13)16-9-5-4-8-15(16)21/h4-5,8-9,12-14H,2-3,6-7,10-11H2,1H3,(H2,22,23,26,28)/t12-,13+/m1/s1. The highest BCUT2D eigenvalue weighted by atomic mass is 19.1. The number of ether oxygens (including phenoxy) is 1. The summed E-state index contributed by atoms with van der Waals surface area (Å²) in [6, 6.07) is 5.23. The molecule has 8 nitrogen and oxygen atoms in total. The van der Waals surface area contributed by atoms with Crippen molar-refractivity contribution in [1.82, 2.24) is 10.6 Å². The average molecular weight is 405 g/mol. The zero-order valence-electron chi connectivity index (χ0n) is 16.2. The van der Waals surface area contributed by atoms with Crippen molar-refractivity contribution in [3.8, 4) is 0 Å². The summed E-state index contributed by atoms with van der Waals surface area (Å²) in [5, 5.41) is 4.87. The topological polar surface area (TPSA) is 105 Å². The van der Waals surface area contributed by atoms with Crippen LogP contribution in [0.15, 0.2) is 24.3 Å². The zero-order chi connectivity index (χ0) is 21.0. The number of rotatable bonds is 5. The number of anilines is 1. The number of hydrogen-bond acceptors (Lipinski definition) is 5. The lowest BCUT2D eigenvalue weighted by molar-refractivity contribution is -0.158. The van der Waals surface area contributed by atoms with Gasteiger partial charge in [-0.1, -0.05) is 25.0 Å². The maximum absolute atomic E-state index is 13.9. The minimum absolute atomic E-state index is 0.0326. The van der Waals surface area contributed by atoms with Gasteiger partial charge in [0.15, 0.2) is 6.10 Å². The summed E-state index contributed by atoms with van der Waals surface area (Å²) in [5.74, 6) is -3.26. The molecule has 2 fully saturated rings. The molecule has 0 unspecified atom stereocenters. The van der Waals surface area contributed by atoms with Gasteiger partial charge in [0, 0.05) is 19.0 Å². The second kappa shape index (κ2) is 9.02. The van der Waals surface area contributed by atoms with Crippen molar-refractivity contribution < 1.29 is 28.3 Å². The maximum Gasteiger partial charge on any atom is 0.321 e. The second-order valence-electron chi connectivity index (χ2n) is 7.38. The third kappa shape index (κ3) is 5.10. The number of carbonyl (C=O) groups is 4. The van der Waals surface area contributed by atoms with E-state index >= 15 is 0 Å². The molecule has 2 N–H and O–H groups in total. The molecule has 1 saturated heterocycles. The van der Waals surface area contributed by atoms with Crippen molar-refractivity contribution in [2.75, 3.05) is 11.4 Å². The SMILES string of the molecule is C[C@@H](OC(=O)[C@H]1CC(=O)N(c2ccccc2F)C1)C(=O)NC(=O)NC1CCCC1. The molecule has 0 aromatic heterocycles. The Morgan fingerprint density at radius 3 is 2.59 bits per heavy atom. The molecule has 3 rings (SSSR count).